The Bertz CT molecular complexity index is 1450. The monoisotopic (exact) mass is 705 g/mol. The summed E-state index contributed by atoms with van der Waals surface area (Å²) in [5.74, 6) is -9.88. The summed E-state index contributed by atoms with van der Waals surface area (Å²) in [4.78, 5) is 112. The molecular formula is C33H47N5O12. The lowest BCUT2D eigenvalue weighted by Gasteiger charge is -2.28. The van der Waals surface area contributed by atoms with Gasteiger partial charge < -0.3 is 41.5 Å². The van der Waals surface area contributed by atoms with E-state index in [-0.39, 0.29) is 5.56 Å². The Morgan fingerprint density at radius 1 is 0.640 bits per heavy atom. The maximum absolute atomic E-state index is 13.2. The topological polar surface area (TPSA) is 263 Å². The molecule has 0 aliphatic heterocycles. The van der Waals surface area contributed by atoms with Crippen molar-refractivity contribution in [1.29, 1.82) is 0 Å². The van der Waals surface area contributed by atoms with Crippen LogP contribution in [-0.4, -0.2) is 100 Å². The zero-order valence-electron chi connectivity index (χ0n) is 29.4. The quantitative estimate of drug-likeness (QED) is 0.0920. The lowest BCUT2D eigenvalue weighted by atomic mass is 10.0. The number of ether oxygens (including phenoxy) is 1. The Labute approximate surface area is 289 Å². The number of nitrogens with one attached hydrogen (secondary N) is 5. The number of benzene rings is 1. The van der Waals surface area contributed by atoms with Gasteiger partial charge in [0, 0.05) is 6.92 Å². The van der Waals surface area contributed by atoms with Crippen molar-refractivity contribution in [3.05, 3.63) is 34.9 Å². The highest BCUT2D eigenvalue weighted by Crippen LogP contribution is 2.15. The Morgan fingerprint density at radius 3 is 1.58 bits per heavy atom. The van der Waals surface area contributed by atoms with E-state index >= 15 is 0 Å². The van der Waals surface area contributed by atoms with E-state index < -0.39 is 115 Å². The molecule has 5 atom stereocenters. The van der Waals surface area contributed by atoms with Crippen molar-refractivity contribution in [3.8, 4) is 0 Å². The van der Waals surface area contributed by atoms with E-state index in [1.165, 1.54) is 13.8 Å². The van der Waals surface area contributed by atoms with Crippen molar-refractivity contribution < 1.29 is 58.1 Å². The van der Waals surface area contributed by atoms with Crippen molar-refractivity contribution >= 4 is 53.2 Å². The first-order valence-corrected chi connectivity index (χ1v) is 15.8. The zero-order chi connectivity index (χ0) is 38.5. The molecule has 276 valence electrons. The fourth-order valence-electron chi connectivity index (χ4n) is 4.72. The van der Waals surface area contributed by atoms with Crippen molar-refractivity contribution in [2.75, 3.05) is 6.61 Å². The molecule has 50 heavy (non-hydrogen) atoms. The van der Waals surface area contributed by atoms with Crippen LogP contribution in [0.25, 0.3) is 0 Å². The van der Waals surface area contributed by atoms with E-state index in [9.17, 15) is 53.4 Å². The first-order chi connectivity index (χ1) is 23.2. The van der Waals surface area contributed by atoms with Gasteiger partial charge in [-0.3, -0.25) is 38.4 Å². The van der Waals surface area contributed by atoms with Gasteiger partial charge in [-0.2, -0.15) is 0 Å². The number of carbonyl (C=O) groups excluding carboxylic acids is 7. The number of esters is 1. The van der Waals surface area contributed by atoms with Crippen LogP contribution in [-0.2, 0) is 43.1 Å². The number of Topliss-reactive ketones (excluding diaryl/α,β-unsaturated/α-hetero) is 1. The smallest absolute Gasteiger partial charge is 0.339 e. The summed E-state index contributed by atoms with van der Waals surface area (Å²) in [5.41, 5.74) is 1.44. The molecule has 1 aromatic carbocycles. The van der Waals surface area contributed by atoms with Gasteiger partial charge >= 0.3 is 17.9 Å². The molecule has 0 saturated carbocycles. The molecule has 0 aliphatic rings. The summed E-state index contributed by atoms with van der Waals surface area (Å²) < 4.78 is 5.10. The summed E-state index contributed by atoms with van der Waals surface area (Å²) >= 11 is 0. The molecule has 5 amide bonds. The van der Waals surface area contributed by atoms with Gasteiger partial charge in [0.1, 0.15) is 30.2 Å². The molecule has 0 aromatic heterocycles. The minimum absolute atomic E-state index is 0.239. The number of carboxylic acid groups (broad SMARTS) is 2. The number of carboxylic acids is 2. The van der Waals surface area contributed by atoms with Crippen LogP contribution in [0, 0.1) is 25.7 Å². The van der Waals surface area contributed by atoms with Crippen LogP contribution >= 0.6 is 0 Å². The average Bonchev–Trinajstić information content (AvgIpc) is 2.99. The van der Waals surface area contributed by atoms with Gasteiger partial charge in [-0.05, 0) is 43.7 Å². The van der Waals surface area contributed by atoms with Gasteiger partial charge in [0.25, 0.3) is 0 Å². The Hall–Kier alpha value is -5.35. The van der Waals surface area contributed by atoms with Gasteiger partial charge in [0.15, 0.2) is 12.4 Å². The third-order valence-electron chi connectivity index (χ3n) is 7.43. The van der Waals surface area contributed by atoms with Crippen molar-refractivity contribution in [2.45, 2.75) is 98.4 Å². The van der Waals surface area contributed by atoms with E-state index in [2.05, 4.69) is 26.6 Å². The average molecular weight is 706 g/mol. The highest BCUT2D eigenvalue weighted by molar-refractivity contribution is 5.99. The Morgan fingerprint density at radius 2 is 1.10 bits per heavy atom. The van der Waals surface area contributed by atoms with Gasteiger partial charge in [-0.1, -0.05) is 45.9 Å². The second kappa shape index (κ2) is 19.6. The number of amides is 5. The number of ketones is 1. The van der Waals surface area contributed by atoms with Crippen molar-refractivity contribution in [1.82, 2.24) is 26.6 Å². The van der Waals surface area contributed by atoms with E-state index in [0.717, 1.165) is 0 Å². The predicted octanol–water partition coefficient (Wildman–Crippen LogP) is -0.245. The number of rotatable bonds is 19. The molecular weight excluding hydrogens is 658 g/mol. The fraction of sp³-hybridized carbons (Fsp3) is 0.545. The van der Waals surface area contributed by atoms with E-state index in [1.807, 2.05) is 0 Å². The maximum atomic E-state index is 13.2. The maximum Gasteiger partial charge on any atom is 0.339 e. The number of hydrogen-bond acceptors (Lipinski definition) is 10. The van der Waals surface area contributed by atoms with Gasteiger partial charge in [-0.25, -0.2) is 4.79 Å². The third-order valence-corrected chi connectivity index (χ3v) is 7.43. The van der Waals surface area contributed by atoms with Crippen molar-refractivity contribution in [3.63, 3.8) is 0 Å². The van der Waals surface area contributed by atoms with Gasteiger partial charge in [-0.15, -0.1) is 0 Å². The second-order valence-electron chi connectivity index (χ2n) is 12.5. The lowest BCUT2D eigenvalue weighted by molar-refractivity contribution is -0.142. The van der Waals surface area contributed by atoms with Crippen LogP contribution in [0.3, 0.4) is 0 Å². The molecule has 0 heterocycles. The fourth-order valence-corrected chi connectivity index (χ4v) is 4.72. The first-order valence-electron chi connectivity index (χ1n) is 15.8. The summed E-state index contributed by atoms with van der Waals surface area (Å²) in [7, 11) is 0. The molecule has 0 aliphatic carbocycles. The largest absolute Gasteiger partial charge is 0.481 e. The molecule has 7 N–H and O–H groups in total. The van der Waals surface area contributed by atoms with Gasteiger partial charge in [0.2, 0.25) is 29.5 Å². The Balaban J connectivity index is 3.02. The van der Waals surface area contributed by atoms with Crippen LogP contribution in [0.5, 0.6) is 0 Å². The van der Waals surface area contributed by atoms with E-state index in [0.29, 0.717) is 11.1 Å². The van der Waals surface area contributed by atoms with Crippen molar-refractivity contribution in [2.24, 2.45) is 11.8 Å². The summed E-state index contributed by atoms with van der Waals surface area (Å²) in [6.45, 7) is 11.3. The molecule has 17 nitrogen and oxygen atoms in total. The van der Waals surface area contributed by atoms with Crippen LogP contribution in [0.2, 0.25) is 0 Å². The standard InChI is InChI=1S/C33H47N5O12/c1-15(2)27(35-20(8)39)32(48)37-22(13-25(43)44)30(46)38-28(16(3)4)31(47)34-19(7)29(45)36-21(12-24(41)42)23(40)14-50-33(49)26-17(5)10-9-11-18(26)6/h9-11,15-16,19,21-22,27-28H,12-14H2,1-8H3,(H,34,47)(H,35,39)(H,36,45)(H,37,48)(H,38,46)(H,41,42)(H,43,44)/t19-,21-,22-,27-,28-/m0/s1. The van der Waals surface area contributed by atoms with E-state index in [1.54, 1.807) is 59.7 Å². The number of aryl methyl sites for hydroxylation is 2. The molecule has 0 saturated heterocycles. The zero-order valence-corrected chi connectivity index (χ0v) is 29.4. The number of hydrogen-bond donors (Lipinski definition) is 7. The molecule has 0 radical (unpaired) electrons. The third kappa shape index (κ3) is 13.6. The second-order valence-corrected chi connectivity index (χ2v) is 12.5. The van der Waals surface area contributed by atoms with Gasteiger partial charge in [0.05, 0.1) is 18.4 Å². The van der Waals surface area contributed by atoms with E-state index in [4.69, 9.17) is 4.74 Å². The number of aliphatic carboxylic acids is 2. The minimum Gasteiger partial charge on any atom is -0.481 e. The number of carbonyl (C=O) groups is 9. The molecule has 1 rings (SSSR count). The molecule has 0 bridgehead atoms. The predicted molar refractivity (Wildman–Crippen MR) is 176 cm³/mol. The van der Waals surface area contributed by atoms with Crippen LogP contribution in [0.4, 0.5) is 0 Å². The SMILES string of the molecule is CC(=O)N[C@H](C(=O)N[C@@H](CC(=O)O)C(=O)N[C@H](C(=O)N[C@@H](C)C(=O)N[C@@H](CC(=O)O)C(=O)COC(=O)c1c(C)cccc1C)C(C)C)C(C)C. The van der Waals surface area contributed by atoms with Crippen LogP contribution in [0.1, 0.15) is 75.9 Å². The minimum atomic E-state index is -1.64. The first kappa shape index (κ1) is 42.7. The summed E-state index contributed by atoms with van der Waals surface area (Å²) in [6.07, 6.45) is -1.71. The summed E-state index contributed by atoms with van der Waals surface area (Å²) in [6, 6.07) is -1.99. The molecule has 1 aromatic rings. The molecule has 17 heteroatoms. The molecule has 0 fully saturated rings. The van der Waals surface area contributed by atoms with Crippen LogP contribution < -0.4 is 26.6 Å². The Kier molecular flexibility index (Phi) is 16.7. The normalized spacial score (nSPS) is 13.9. The highest BCUT2D eigenvalue weighted by atomic mass is 16.5. The lowest BCUT2D eigenvalue weighted by Crippen LogP contribution is -2.60. The molecule has 0 spiro atoms. The van der Waals surface area contributed by atoms with Crippen LogP contribution in [0.15, 0.2) is 18.2 Å². The molecule has 0 unspecified atom stereocenters. The summed E-state index contributed by atoms with van der Waals surface area (Å²) in [5, 5.41) is 30.4. The highest BCUT2D eigenvalue weighted by Gasteiger charge is 2.34.